The van der Waals surface area contributed by atoms with E-state index < -0.39 is 0 Å². The van der Waals surface area contributed by atoms with Crippen LogP contribution in [0.25, 0.3) is 11.3 Å². The highest BCUT2D eigenvalue weighted by atomic mass is 16.1. The SMILES string of the molecule is CCC(=O)Nc1ccc(-c2ccc(CC#N)[nH]2)cc1. The molecular weight excluding hydrogens is 238 g/mol. The van der Waals surface area contributed by atoms with Gasteiger partial charge in [0.05, 0.1) is 12.5 Å². The van der Waals surface area contributed by atoms with Gasteiger partial charge in [0.25, 0.3) is 0 Å². The normalized spacial score (nSPS) is 9.89. The van der Waals surface area contributed by atoms with Crippen LogP contribution in [-0.4, -0.2) is 10.9 Å². The van der Waals surface area contributed by atoms with Crippen molar-refractivity contribution in [3.8, 4) is 17.3 Å². The third kappa shape index (κ3) is 3.23. The Morgan fingerprint density at radius 3 is 2.63 bits per heavy atom. The summed E-state index contributed by atoms with van der Waals surface area (Å²) in [4.78, 5) is 14.5. The van der Waals surface area contributed by atoms with E-state index in [0.29, 0.717) is 12.8 Å². The molecule has 1 aromatic carbocycles. The molecule has 0 radical (unpaired) electrons. The summed E-state index contributed by atoms with van der Waals surface area (Å²) in [5.41, 5.74) is 3.69. The zero-order chi connectivity index (χ0) is 13.7. The summed E-state index contributed by atoms with van der Waals surface area (Å²) >= 11 is 0. The second-order valence-electron chi connectivity index (χ2n) is 4.21. The van der Waals surface area contributed by atoms with Gasteiger partial charge in [-0.15, -0.1) is 0 Å². The summed E-state index contributed by atoms with van der Waals surface area (Å²) in [6.07, 6.45) is 0.848. The van der Waals surface area contributed by atoms with Gasteiger partial charge in [0, 0.05) is 23.5 Å². The number of aromatic amines is 1. The van der Waals surface area contributed by atoms with Crippen molar-refractivity contribution in [2.24, 2.45) is 0 Å². The molecule has 0 unspecified atom stereocenters. The van der Waals surface area contributed by atoms with Crippen LogP contribution in [0.3, 0.4) is 0 Å². The number of H-pyrrole nitrogens is 1. The largest absolute Gasteiger partial charge is 0.358 e. The molecule has 2 rings (SSSR count). The Morgan fingerprint density at radius 2 is 2.00 bits per heavy atom. The number of nitriles is 1. The summed E-state index contributed by atoms with van der Waals surface area (Å²) in [7, 11) is 0. The molecule has 0 spiro atoms. The number of nitrogens with zero attached hydrogens (tertiary/aromatic N) is 1. The van der Waals surface area contributed by atoms with Crippen LogP contribution in [0, 0.1) is 11.3 Å². The van der Waals surface area contributed by atoms with Crippen LogP contribution in [0.15, 0.2) is 36.4 Å². The fraction of sp³-hybridized carbons (Fsp3) is 0.200. The van der Waals surface area contributed by atoms with E-state index in [1.165, 1.54) is 0 Å². The molecule has 0 aliphatic heterocycles. The molecular formula is C15H15N3O. The van der Waals surface area contributed by atoms with Crippen LogP contribution >= 0.6 is 0 Å². The predicted octanol–water partition coefficient (Wildman–Crippen LogP) is 3.10. The minimum absolute atomic E-state index is 0.00364. The highest BCUT2D eigenvalue weighted by molar-refractivity contribution is 5.90. The summed E-state index contributed by atoms with van der Waals surface area (Å²) in [5, 5.41) is 11.4. The van der Waals surface area contributed by atoms with E-state index in [1.807, 2.05) is 43.3 Å². The van der Waals surface area contributed by atoms with Crippen molar-refractivity contribution in [2.75, 3.05) is 5.32 Å². The van der Waals surface area contributed by atoms with Gasteiger partial charge in [-0.05, 0) is 29.8 Å². The van der Waals surface area contributed by atoms with Gasteiger partial charge in [0.15, 0.2) is 0 Å². The van der Waals surface area contributed by atoms with E-state index in [-0.39, 0.29) is 5.91 Å². The number of nitrogens with one attached hydrogen (secondary N) is 2. The molecule has 2 aromatic rings. The first kappa shape index (κ1) is 12.9. The molecule has 1 aromatic heterocycles. The van der Waals surface area contributed by atoms with E-state index in [4.69, 9.17) is 5.26 Å². The summed E-state index contributed by atoms with van der Waals surface area (Å²) in [5.74, 6) is 0.00364. The molecule has 0 saturated heterocycles. The lowest BCUT2D eigenvalue weighted by molar-refractivity contribution is -0.115. The fourth-order valence-corrected chi connectivity index (χ4v) is 1.78. The molecule has 2 N–H and O–H groups in total. The molecule has 0 aliphatic carbocycles. The summed E-state index contributed by atoms with van der Waals surface area (Å²) in [6, 6.07) is 13.6. The molecule has 1 heterocycles. The van der Waals surface area contributed by atoms with Crippen LogP contribution in [-0.2, 0) is 11.2 Å². The van der Waals surface area contributed by atoms with E-state index in [9.17, 15) is 4.79 Å². The van der Waals surface area contributed by atoms with Crippen molar-refractivity contribution in [1.29, 1.82) is 5.26 Å². The maximum Gasteiger partial charge on any atom is 0.224 e. The first-order chi connectivity index (χ1) is 9.22. The average molecular weight is 253 g/mol. The van der Waals surface area contributed by atoms with E-state index in [0.717, 1.165) is 22.6 Å². The standard InChI is InChI=1S/C15H15N3O/c1-2-15(19)18-12-5-3-11(4-6-12)14-8-7-13(17-14)9-10-16/h3-8,17H,2,9H2,1H3,(H,18,19). The number of hydrogen-bond acceptors (Lipinski definition) is 2. The van der Waals surface area contributed by atoms with Gasteiger partial charge in [0.2, 0.25) is 5.91 Å². The zero-order valence-corrected chi connectivity index (χ0v) is 10.7. The fourth-order valence-electron chi connectivity index (χ4n) is 1.78. The number of aromatic nitrogens is 1. The lowest BCUT2D eigenvalue weighted by Crippen LogP contribution is -2.08. The number of carbonyl (C=O) groups is 1. The zero-order valence-electron chi connectivity index (χ0n) is 10.7. The monoisotopic (exact) mass is 253 g/mol. The first-order valence-electron chi connectivity index (χ1n) is 6.18. The Labute approximate surface area is 112 Å². The molecule has 1 amide bonds. The predicted molar refractivity (Wildman–Crippen MR) is 74.5 cm³/mol. The number of anilines is 1. The minimum Gasteiger partial charge on any atom is -0.358 e. The highest BCUT2D eigenvalue weighted by Gasteiger charge is 2.03. The maximum atomic E-state index is 11.3. The molecule has 0 bridgehead atoms. The quantitative estimate of drug-likeness (QED) is 0.879. The second-order valence-corrected chi connectivity index (χ2v) is 4.21. The Hall–Kier alpha value is -2.54. The molecule has 0 saturated carbocycles. The summed E-state index contributed by atoms with van der Waals surface area (Å²) in [6.45, 7) is 1.82. The number of rotatable bonds is 4. The molecule has 4 heteroatoms. The van der Waals surface area contributed by atoms with E-state index in [1.54, 1.807) is 0 Å². The minimum atomic E-state index is 0.00364. The van der Waals surface area contributed by atoms with Crippen molar-refractivity contribution in [2.45, 2.75) is 19.8 Å². The molecule has 0 fully saturated rings. The van der Waals surface area contributed by atoms with Gasteiger partial charge < -0.3 is 10.3 Å². The number of benzene rings is 1. The van der Waals surface area contributed by atoms with Gasteiger partial charge in [-0.2, -0.15) is 5.26 Å². The summed E-state index contributed by atoms with van der Waals surface area (Å²) < 4.78 is 0. The van der Waals surface area contributed by atoms with Crippen molar-refractivity contribution < 1.29 is 4.79 Å². The van der Waals surface area contributed by atoms with Crippen LogP contribution < -0.4 is 5.32 Å². The van der Waals surface area contributed by atoms with Crippen LogP contribution in [0.4, 0.5) is 5.69 Å². The second kappa shape index (κ2) is 5.87. The van der Waals surface area contributed by atoms with Gasteiger partial charge in [-0.3, -0.25) is 4.79 Å². The number of amides is 1. The molecule has 4 nitrogen and oxygen atoms in total. The van der Waals surface area contributed by atoms with Gasteiger partial charge in [-0.1, -0.05) is 19.1 Å². The highest BCUT2D eigenvalue weighted by Crippen LogP contribution is 2.21. The number of carbonyl (C=O) groups excluding carboxylic acids is 1. The van der Waals surface area contributed by atoms with Crippen LogP contribution in [0.5, 0.6) is 0 Å². The van der Waals surface area contributed by atoms with E-state index >= 15 is 0 Å². The Kier molecular flexibility index (Phi) is 3.99. The van der Waals surface area contributed by atoms with Gasteiger partial charge >= 0.3 is 0 Å². The Morgan fingerprint density at radius 1 is 1.26 bits per heavy atom. The third-order valence-corrected chi connectivity index (χ3v) is 2.82. The van der Waals surface area contributed by atoms with Crippen molar-refractivity contribution in [3.63, 3.8) is 0 Å². The third-order valence-electron chi connectivity index (χ3n) is 2.82. The number of hydrogen-bond donors (Lipinski definition) is 2. The van der Waals surface area contributed by atoms with Gasteiger partial charge in [0.1, 0.15) is 0 Å². The van der Waals surface area contributed by atoms with Gasteiger partial charge in [-0.25, -0.2) is 0 Å². The smallest absolute Gasteiger partial charge is 0.224 e. The first-order valence-corrected chi connectivity index (χ1v) is 6.18. The topological polar surface area (TPSA) is 68.7 Å². The maximum absolute atomic E-state index is 11.3. The lowest BCUT2D eigenvalue weighted by Gasteiger charge is -2.04. The van der Waals surface area contributed by atoms with Crippen LogP contribution in [0.1, 0.15) is 19.0 Å². The van der Waals surface area contributed by atoms with Crippen molar-refractivity contribution in [1.82, 2.24) is 4.98 Å². The molecule has 0 aliphatic rings. The average Bonchev–Trinajstić information content (AvgIpc) is 2.88. The Balaban J connectivity index is 2.13. The van der Waals surface area contributed by atoms with Crippen molar-refractivity contribution in [3.05, 3.63) is 42.1 Å². The molecule has 0 atom stereocenters. The van der Waals surface area contributed by atoms with Crippen LogP contribution in [0.2, 0.25) is 0 Å². The lowest BCUT2D eigenvalue weighted by atomic mass is 10.1. The molecule has 19 heavy (non-hydrogen) atoms. The Bertz CT molecular complexity index is 605. The molecule has 96 valence electrons. The van der Waals surface area contributed by atoms with Crippen molar-refractivity contribution >= 4 is 11.6 Å². The van der Waals surface area contributed by atoms with E-state index in [2.05, 4.69) is 16.4 Å².